The highest BCUT2D eigenvalue weighted by molar-refractivity contribution is 6.33. The Morgan fingerprint density at radius 2 is 1.76 bits per heavy atom. The van der Waals surface area contributed by atoms with Crippen LogP contribution in [0.15, 0.2) is 57.7 Å². The molecule has 1 aromatic heterocycles. The van der Waals surface area contributed by atoms with Crippen molar-refractivity contribution in [3.8, 4) is 11.1 Å². The van der Waals surface area contributed by atoms with Crippen molar-refractivity contribution in [1.82, 2.24) is 10.2 Å². The maximum absolute atomic E-state index is 12.8. The molecule has 2 heterocycles. The van der Waals surface area contributed by atoms with E-state index in [1.54, 1.807) is 0 Å². The van der Waals surface area contributed by atoms with Gasteiger partial charge < -0.3 is 9.73 Å². The van der Waals surface area contributed by atoms with Gasteiger partial charge in [0.05, 0.1) is 5.56 Å². The predicted molar refractivity (Wildman–Crippen MR) is 101 cm³/mol. The molecule has 3 aromatic rings. The summed E-state index contributed by atoms with van der Waals surface area (Å²) in [5, 5.41) is 4.89. The first-order valence-electron chi connectivity index (χ1n) is 8.47. The summed E-state index contributed by atoms with van der Waals surface area (Å²) in [6, 6.07) is 15.3. The minimum Gasteiger partial charge on any atom is -0.422 e. The second-order valence-electron chi connectivity index (χ2n) is 6.25. The van der Waals surface area contributed by atoms with Crippen LogP contribution in [0.5, 0.6) is 0 Å². The van der Waals surface area contributed by atoms with Gasteiger partial charge in [-0.1, -0.05) is 48.0 Å². The number of hydrogen-bond acceptors (Lipinski definition) is 4. The van der Waals surface area contributed by atoms with Crippen molar-refractivity contribution in [1.29, 1.82) is 0 Å². The van der Waals surface area contributed by atoms with Gasteiger partial charge in [0.15, 0.2) is 0 Å². The molecule has 25 heavy (non-hydrogen) atoms. The van der Waals surface area contributed by atoms with Gasteiger partial charge in [-0.15, -0.1) is 0 Å². The van der Waals surface area contributed by atoms with Crippen molar-refractivity contribution in [3.05, 3.63) is 69.5 Å². The van der Waals surface area contributed by atoms with Gasteiger partial charge >= 0.3 is 5.63 Å². The Labute approximate surface area is 151 Å². The number of nitrogens with zero attached hydrogens (tertiary/aromatic N) is 1. The fourth-order valence-corrected chi connectivity index (χ4v) is 3.63. The second-order valence-corrected chi connectivity index (χ2v) is 6.65. The van der Waals surface area contributed by atoms with Crippen molar-refractivity contribution in [3.63, 3.8) is 0 Å². The molecule has 1 aliphatic rings. The third-order valence-electron chi connectivity index (χ3n) is 4.64. The average molecular weight is 355 g/mol. The molecule has 0 amide bonds. The van der Waals surface area contributed by atoms with E-state index >= 15 is 0 Å². The smallest absolute Gasteiger partial charge is 0.341 e. The fraction of sp³-hybridized carbons (Fsp3) is 0.250. The van der Waals surface area contributed by atoms with Gasteiger partial charge in [-0.25, -0.2) is 4.79 Å². The van der Waals surface area contributed by atoms with E-state index in [1.165, 1.54) is 0 Å². The van der Waals surface area contributed by atoms with Crippen LogP contribution in [0.2, 0.25) is 5.02 Å². The number of fused-ring (bicyclic) bond motifs is 1. The summed E-state index contributed by atoms with van der Waals surface area (Å²) in [6.07, 6.45) is 0. The van der Waals surface area contributed by atoms with Gasteiger partial charge in [0.1, 0.15) is 5.58 Å². The Bertz CT molecular complexity index is 961. The van der Waals surface area contributed by atoms with E-state index in [0.29, 0.717) is 22.7 Å². The van der Waals surface area contributed by atoms with Crippen molar-refractivity contribution < 1.29 is 4.42 Å². The van der Waals surface area contributed by atoms with E-state index in [2.05, 4.69) is 10.2 Å². The van der Waals surface area contributed by atoms with Gasteiger partial charge in [-0.3, -0.25) is 4.90 Å². The summed E-state index contributed by atoms with van der Waals surface area (Å²) in [5.41, 5.74) is 2.74. The van der Waals surface area contributed by atoms with Gasteiger partial charge in [0, 0.05) is 54.3 Å². The summed E-state index contributed by atoms with van der Waals surface area (Å²) in [4.78, 5) is 15.0. The first-order chi connectivity index (χ1) is 12.2. The largest absolute Gasteiger partial charge is 0.422 e. The van der Waals surface area contributed by atoms with Crippen LogP contribution in [0.25, 0.3) is 22.1 Å². The molecule has 5 heteroatoms. The van der Waals surface area contributed by atoms with Crippen molar-refractivity contribution >= 4 is 22.6 Å². The predicted octanol–water partition coefficient (Wildman–Crippen LogP) is 3.52. The Morgan fingerprint density at radius 3 is 2.56 bits per heavy atom. The monoisotopic (exact) mass is 354 g/mol. The van der Waals surface area contributed by atoms with Crippen LogP contribution in [0.4, 0.5) is 0 Å². The molecular formula is C20H19ClN2O2. The zero-order valence-corrected chi connectivity index (χ0v) is 14.6. The Hall–Kier alpha value is -2.14. The molecule has 0 bridgehead atoms. The molecule has 128 valence electrons. The molecule has 0 aliphatic carbocycles. The van der Waals surface area contributed by atoms with Crippen LogP contribution in [0, 0.1) is 0 Å². The molecule has 4 nitrogen and oxygen atoms in total. The lowest BCUT2D eigenvalue weighted by Crippen LogP contribution is -2.43. The number of piperazine rings is 1. The molecule has 1 saturated heterocycles. The molecule has 4 rings (SSSR count). The molecule has 0 saturated carbocycles. The van der Waals surface area contributed by atoms with Crippen molar-refractivity contribution in [2.24, 2.45) is 0 Å². The molecular weight excluding hydrogens is 336 g/mol. The van der Waals surface area contributed by atoms with E-state index in [9.17, 15) is 4.79 Å². The summed E-state index contributed by atoms with van der Waals surface area (Å²) >= 11 is 6.47. The maximum atomic E-state index is 12.8. The highest BCUT2D eigenvalue weighted by atomic mass is 35.5. The molecule has 0 spiro atoms. The standard InChI is InChI=1S/C20H19ClN2O2/c21-17-7-3-1-5-14(17)19-15-6-2-4-8-18(15)25-20(24)16(19)13-23-11-9-22-10-12-23/h1-8,22H,9-13H2. The van der Waals surface area contributed by atoms with Crippen LogP contribution < -0.4 is 10.9 Å². The summed E-state index contributed by atoms with van der Waals surface area (Å²) in [5.74, 6) is 0. The zero-order valence-electron chi connectivity index (χ0n) is 13.8. The van der Waals surface area contributed by atoms with E-state index in [4.69, 9.17) is 16.0 Å². The summed E-state index contributed by atoms with van der Waals surface area (Å²) < 4.78 is 5.60. The highest BCUT2D eigenvalue weighted by Gasteiger charge is 2.21. The lowest BCUT2D eigenvalue weighted by molar-refractivity contribution is 0.231. The van der Waals surface area contributed by atoms with E-state index < -0.39 is 0 Å². The molecule has 0 unspecified atom stereocenters. The van der Waals surface area contributed by atoms with Gasteiger partial charge in [-0.05, 0) is 12.1 Å². The number of rotatable bonds is 3. The van der Waals surface area contributed by atoms with E-state index in [1.807, 2.05) is 48.5 Å². The number of para-hydroxylation sites is 1. The number of benzene rings is 2. The van der Waals surface area contributed by atoms with Crippen LogP contribution in [0.1, 0.15) is 5.56 Å². The van der Waals surface area contributed by atoms with Gasteiger partial charge in [0.2, 0.25) is 0 Å². The Morgan fingerprint density at radius 1 is 1.04 bits per heavy atom. The minimum absolute atomic E-state index is 0.285. The van der Waals surface area contributed by atoms with Crippen molar-refractivity contribution in [2.45, 2.75) is 6.54 Å². The molecule has 0 radical (unpaired) electrons. The Kier molecular flexibility index (Phi) is 4.57. The third-order valence-corrected chi connectivity index (χ3v) is 4.97. The van der Waals surface area contributed by atoms with E-state index in [-0.39, 0.29) is 5.63 Å². The Balaban J connectivity index is 1.94. The van der Waals surface area contributed by atoms with Gasteiger partial charge in [0.25, 0.3) is 0 Å². The number of halogens is 1. The molecule has 2 aromatic carbocycles. The van der Waals surface area contributed by atoms with Crippen LogP contribution in [-0.4, -0.2) is 31.1 Å². The van der Waals surface area contributed by atoms with Gasteiger partial charge in [-0.2, -0.15) is 0 Å². The van der Waals surface area contributed by atoms with Crippen LogP contribution in [0.3, 0.4) is 0 Å². The average Bonchev–Trinajstić information content (AvgIpc) is 2.64. The lowest BCUT2D eigenvalue weighted by Gasteiger charge is -2.27. The minimum atomic E-state index is -0.285. The molecule has 1 aliphatic heterocycles. The number of hydrogen-bond donors (Lipinski definition) is 1. The fourth-order valence-electron chi connectivity index (χ4n) is 3.40. The highest BCUT2D eigenvalue weighted by Crippen LogP contribution is 2.35. The summed E-state index contributed by atoms with van der Waals surface area (Å²) in [6.45, 7) is 4.25. The third kappa shape index (κ3) is 3.21. The summed E-state index contributed by atoms with van der Waals surface area (Å²) in [7, 11) is 0. The SMILES string of the molecule is O=c1oc2ccccc2c(-c2ccccc2Cl)c1CN1CCNCC1. The van der Waals surface area contributed by atoms with Crippen LogP contribution >= 0.6 is 11.6 Å². The topological polar surface area (TPSA) is 45.5 Å². The maximum Gasteiger partial charge on any atom is 0.341 e. The van der Waals surface area contributed by atoms with Crippen molar-refractivity contribution in [2.75, 3.05) is 26.2 Å². The normalized spacial score (nSPS) is 15.6. The van der Waals surface area contributed by atoms with E-state index in [0.717, 1.165) is 42.7 Å². The lowest BCUT2D eigenvalue weighted by atomic mass is 9.96. The first-order valence-corrected chi connectivity index (χ1v) is 8.84. The zero-order chi connectivity index (χ0) is 17.2. The molecule has 0 atom stereocenters. The number of nitrogens with one attached hydrogen (secondary N) is 1. The second kappa shape index (κ2) is 7.00. The quantitative estimate of drug-likeness (QED) is 0.731. The molecule has 1 fully saturated rings. The molecule has 1 N–H and O–H groups in total. The van der Waals surface area contributed by atoms with Crippen LogP contribution in [-0.2, 0) is 6.54 Å². The first kappa shape index (κ1) is 16.3.